The fraction of sp³-hybridized carbons (Fsp3) is 0.333. The number of carbonyl (C=O) groups excluding carboxylic acids is 1. The van der Waals surface area contributed by atoms with Crippen molar-refractivity contribution in [3.63, 3.8) is 0 Å². The minimum Gasteiger partial charge on any atom is -0.480 e. The van der Waals surface area contributed by atoms with Gasteiger partial charge in [-0.15, -0.1) is 0 Å². The molecule has 0 saturated carbocycles. The van der Waals surface area contributed by atoms with E-state index in [0.29, 0.717) is 16.9 Å². The number of hydrogen-bond donors (Lipinski definition) is 1. The van der Waals surface area contributed by atoms with Gasteiger partial charge in [-0.1, -0.05) is 55.5 Å². The summed E-state index contributed by atoms with van der Waals surface area (Å²) < 4.78 is 40.4. The number of nitrogens with zero attached hydrogens (tertiary/aromatic N) is 3. The highest BCUT2D eigenvalue weighted by Gasteiger charge is 2.59. The fourth-order valence-corrected chi connectivity index (χ4v) is 6.10. The van der Waals surface area contributed by atoms with Gasteiger partial charge in [-0.05, 0) is 63.5 Å². The topological polar surface area (TPSA) is 115 Å². The summed E-state index contributed by atoms with van der Waals surface area (Å²) in [6.07, 6.45) is 0.843. The Balaban J connectivity index is 1.98. The van der Waals surface area contributed by atoms with Crippen molar-refractivity contribution in [1.82, 2.24) is 8.61 Å². The number of carbonyl (C=O) groups is 1. The number of ether oxygens (including phenoxy) is 2. The summed E-state index contributed by atoms with van der Waals surface area (Å²) in [5, 5.41) is 1.75. The Bertz CT molecular complexity index is 1460. The molecule has 0 aliphatic carbocycles. The molecule has 0 spiro atoms. The van der Waals surface area contributed by atoms with E-state index in [-0.39, 0.29) is 22.5 Å². The molecule has 0 amide bonds. The van der Waals surface area contributed by atoms with Crippen LogP contribution >= 0.6 is 22.6 Å². The second-order valence-electron chi connectivity index (χ2n) is 9.06. The Labute approximate surface area is 236 Å². The monoisotopic (exact) mass is 650 g/mol. The molecule has 4 rings (SSSR count). The van der Waals surface area contributed by atoms with Crippen LogP contribution < -0.4 is 10.5 Å². The normalized spacial score (nSPS) is 20.4. The van der Waals surface area contributed by atoms with Crippen LogP contribution in [-0.4, -0.2) is 66.7 Å². The van der Waals surface area contributed by atoms with Crippen molar-refractivity contribution in [2.75, 3.05) is 27.7 Å². The summed E-state index contributed by atoms with van der Waals surface area (Å²) in [6.45, 7) is 1.86. The van der Waals surface area contributed by atoms with Gasteiger partial charge < -0.3 is 15.2 Å². The molecule has 0 aromatic heterocycles. The Hall–Kier alpha value is -2.74. The second kappa shape index (κ2) is 11.2. The van der Waals surface area contributed by atoms with E-state index in [1.54, 1.807) is 36.4 Å². The van der Waals surface area contributed by atoms with Gasteiger partial charge >= 0.3 is 16.2 Å². The summed E-state index contributed by atoms with van der Waals surface area (Å²) in [5.41, 5.74) is 5.43. The number of methoxy groups -OCH3 is 1. The van der Waals surface area contributed by atoms with Crippen LogP contribution in [0.25, 0.3) is 10.8 Å². The van der Waals surface area contributed by atoms with Gasteiger partial charge in [-0.3, -0.25) is 4.79 Å². The Morgan fingerprint density at radius 2 is 1.82 bits per heavy atom. The first-order chi connectivity index (χ1) is 18.1. The van der Waals surface area contributed by atoms with Crippen molar-refractivity contribution in [2.45, 2.75) is 29.0 Å². The summed E-state index contributed by atoms with van der Waals surface area (Å²) in [7, 11) is 0.0359. The van der Waals surface area contributed by atoms with Gasteiger partial charge in [0.05, 0.1) is 7.11 Å². The third-order valence-electron chi connectivity index (χ3n) is 6.56. The van der Waals surface area contributed by atoms with Crippen molar-refractivity contribution >= 4 is 55.4 Å². The highest BCUT2D eigenvalue weighted by atomic mass is 127. The van der Waals surface area contributed by atoms with Gasteiger partial charge in [0, 0.05) is 26.2 Å². The lowest BCUT2D eigenvalue weighted by atomic mass is 9.77. The van der Waals surface area contributed by atoms with Crippen LogP contribution in [0.3, 0.4) is 0 Å². The third-order valence-corrected chi connectivity index (χ3v) is 9.53. The SMILES string of the molecule is CCC(I)Oc1ccc2ccc(C3(C(=O)c4ccccc4)N=C(OC)N(S(=O)(=O)N(C)C)C3CN)cc2c1. The smallest absolute Gasteiger partial charge is 0.307 e. The Morgan fingerprint density at radius 3 is 2.42 bits per heavy atom. The lowest BCUT2D eigenvalue weighted by Gasteiger charge is -2.36. The third kappa shape index (κ3) is 4.88. The molecule has 0 bridgehead atoms. The maximum atomic E-state index is 14.4. The predicted octanol–water partition coefficient (Wildman–Crippen LogP) is 3.92. The van der Waals surface area contributed by atoms with Gasteiger partial charge in [0.2, 0.25) is 0 Å². The van der Waals surface area contributed by atoms with Crippen molar-refractivity contribution in [1.29, 1.82) is 0 Å². The van der Waals surface area contributed by atoms with Crippen LogP contribution in [0.15, 0.2) is 71.7 Å². The molecule has 2 N–H and O–H groups in total. The molecule has 11 heteroatoms. The molecule has 3 atom stereocenters. The fourth-order valence-electron chi connectivity index (χ4n) is 4.58. The zero-order valence-corrected chi connectivity index (χ0v) is 24.6. The number of benzene rings is 3. The number of Topliss-reactive ketones (excluding diaryl/α,β-unsaturated/α-hetero) is 1. The van der Waals surface area contributed by atoms with Gasteiger partial charge in [0.15, 0.2) is 11.3 Å². The van der Waals surface area contributed by atoms with Crippen molar-refractivity contribution in [3.8, 4) is 5.75 Å². The Morgan fingerprint density at radius 1 is 1.13 bits per heavy atom. The molecule has 3 aromatic carbocycles. The number of ketones is 1. The van der Waals surface area contributed by atoms with E-state index < -0.39 is 21.8 Å². The van der Waals surface area contributed by atoms with Crippen LogP contribution in [-0.2, 0) is 20.5 Å². The van der Waals surface area contributed by atoms with Gasteiger partial charge in [-0.2, -0.15) is 12.7 Å². The van der Waals surface area contributed by atoms with E-state index in [2.05, 4.69) is 22.6 Å². The lowest BCUT2D eigenvalue weighted by Crippen LogP contribution is -2.57. The number of fused-ring (bicyclic) bond motifs is 1. The van der Waals surface area contributed by atoms with Crippen LogP contribution in [0.2, 0.25) is 0 Å². The molecule has 0 radical (unpaired) electrons. The predicted molar refractivity (Wildman–Crippen MR) is 157 cm³/mol. The first-order valence-corrected chi connectivity index (χ1v) is 14.7. The largest absolute Gasteiger partial charge is 0.480 e. The summed E-state index contributed by atoms with van der Waals surface area (Å²) >= 11 is 2.24. The van der Waals surface area contributed by atoms with E-state index in [1.165, 1.54) is 21.2 Å². The quantitative estimate of drug-likeness (QED) is 0.214. The number of halogens is 1. The van der Waals surface area contributed by atoms with Crippen LogP contribution in [0, 0.1) is 0 Å². The summed E-state index contributed by atoms with van der Waals surface area (Å²) in [4.78, 5) is 19.1. The van der Waals surface area contributed by atoms with Crippen LogP contribution in [0.5, 0.6) is 5.75 Å². The van der Waals surface area contributed by atoms with Crippen LogP contribution in [0.1, 0.15) is 29.3 Å². The number of hydrogen-bond acceptors (Lipinski definition) is 7. The first-order valence-electron chi connectivity index (χ1n) is 12.1. The molecule has 9 nitrogen and oxygen atoms in total. The highest BCUT2D eigenvalue weighted by Crippen LogP contribution is 2.43. The molecule has 0 saturated heterocycles. The number of alkyl halides is 1. The molecule has 3 unspecified atom stereocenters. The average molecular weight is 651 g/mol. The molecule has 0 fully saturated rings. The van der Waals surface area contributed by atoms with Crippen molar-refractivity contribution in [3.05, 3.63) is 77.9 Å². The molecular weight excluding hydrogens is 619 g/mol. The van der Waals surface area contributed by atoms with E-state index in [9.17, 15) is 13.2 Å². The summed E-state index contributed by atoms with van der Waals surface area (Å²) in [6, 6.07) is 18.7. The second-order valence-corrected chi connectivity index (χ2v) is 12.5. The van der Waals surface area contributed by atoms with Crippen molar-refractivity contribution in [2.24, 2.45) is 10.7 Å². The number of rotatable bonds is 9. The van der Waals surface area contributed by atoms with Gasteiger partial charge in [0.25, 0.3) is 0 Å². The molecule has 1 aliphatic heterocycles. The lowest BCUT2D eigenvalue weighted by molar-refractivity contribution is 0.0852. The van der Waals surface area contributed by atoms with Crippen LogP contribution in [0.4, 0.5) is 0 Å². The van der Waals surface area contributed by atoms with Crippen molar-refractivity contribution < 1.29 is 22.7 Å². The van der Waals surface area contributed by atoms with Gasteiger partial charge in [-0.25, -0.2) is 9.30 Å². The molecule has 38 heavy (non-hydrogen) atoms. The molecule has 1 aliphatic rings. The standard InChI is InChI=1S/C27H31IN4O5S/c1-5-24(28)37-22-14-12-18-11-13-21(15-20(18)16-22)27(25(33)19-9-7-6-8-10-19)23(17-29)32(26(30-27)36-4)38(34,35)31(2)3/h6-16,23-24H,5,17,29H2,1-4H3. The molecule has 1 heterocycles. The zero-order chi connectivity index (χ0) is 27.7. The minimum atomic E-state index is -4.10. The highest BCUT2D eigenvalue weighted by molar-refractivity contribution is 14.1. The summed E-state index contributed by atoms with van der Waals surface area (Å²) in [5.74, 6) is 0.309. The average Bonchev–Trinajstić information content (AvgIpc) is 3.28. The Kier molecular flexibility index (Phi) is 8.31. The van der Waals surface area contributed by atoms with E-state index in [0.717, 1.165) is 25.8 Å². The molecular formula is C27H31IN4O5S. The first kappa shape index (κ1) is 28.3. The maximum absolute atomic E-state index is 14.4. The minimum absolute atomic E-state index is 0.00865. The van der Waals surface area contributed by atoms with E-state index >= 15 is 0 Å². The van der Waals surface area contributed by atoms with Gasteiger partial charge in [0.1, 0.15) is 15.9 Å². The number of amidine groups is 1. The molecule has 202 valence electrons. The van der Waals surface area contributed by atoms with E-state index in [4.69, 9.17) is 20.2 Å². The zero-order valence-electron chi connectivity index (χ0n) is 21.7. The number of nitrogens with two attached hydrogens (primary N) is 1. The maximum Gasteiger partial charge on any atom is 0.307 e. The molecule has 3 aromatic rings. The van der Waals surface area contributed by atoms with E-state index in [1.807, 2.05) is 37.3 Å². The number of aliphatic imine (C=N–C) groups is 1.